The molecule has 0 N–H and O–H groups in total. The summed E-state index contributed by atoms with van der Waals surface area (Å²) < 4.78 is 4.84. The van der Waals surface area contributed by atoms with E-state index < -0.39 is 0 Å². The molecule has 0 saturated heterocycles. The highest BCUT2D eigenvalue weighted by molar-refractivity contribution is 5.53. The van der Waals surface area contributed by atoms with Crippen LogP contribution in [0.15, 0.2) is 16.9 Å². The summed E-state index contributed by atoms with van der Waals surface area (Å²) >= 11 is 0. The topological polar surface area (TPSA) is 26.0 Å². The molecule has 0 aromatic carbocycles. The van der Waals surface area contributed by atoms with Crippen molar-refractivity contribution in [3.05, 3.63) is 23.6 Å². The fourth-order valence-electron chi connectivity index (χ4n) is 1.26. The summed E-state index contributed by atoms with van der Waals surface area (Å²) in [6.45, 7) is 2.16. The molecule has 1 heterocycles. The third kappa shape index (κ3) is 0.685. The third-order valence-corrected chi connectivity index (χ3v) is 1.88. The van der Waals surface area contributed by atoms with Crippen molar-refractivity contribution in [2.75, 3.05) is 0 Å². The largest absolute Gasteiger partial charge is 0.364 e. The Morgan fingerprint density at radius 3 is 3.40 bits per heavy atom. The third-order valence-electron chi connectivity index (χ3n) is 1.88. The summed E-state index contributed by atoms with van der Waals surface area (Å²) in [7, 11) is 0. The lowest BCUT2D eigenvalue weighted by atomic mass is 9.95. The van der Waals surface area contributed by atoms with Gasteiger partial charge in [0.25, 0.3) is 0 Å². The van der Waals surface area contributed by atoms with Crippen LogP contribution < -0.4 is 0 Å². The second-order valence-corrected chi connectivity index (χ2v) is 2.69. The fraction of sp³-hybridized carbons (Fsp3) is 0.375. The Bertz CT molecular complexity index is 262. The average molecular weight is 135 g/mol. The van der Waals surface area contributed by atoms with Crippen molar-refractivity contribution in [1.82, 2.24) is 5.16 Å². The van der Waals surface area contributed by atoms with Crippen molar-refractivity contribution < 1.29 is 4.52 Å². The fourth-order valence-corrected chi connectivity index (χ4v) is 1.26. The molecule has 2 rings (SSSR count). The van der Waals surface area contributed by atoms with Gasteiger partial charge in [0.1, 0.15) is 6.26 Å². The van der Waals surface area contributed by atoms with Crippen LogP contribution in [0.1, 0.15) is 30.5 Å². The second-order valence-electron chi connectivity index (χ2n) is 2.69. The summed E-state index contributed by atoms with van der Waals surface area (Å²) in [6.07, 6.45) is 7.00. The lowest BCUT2D eigenvalue weighted by Crippen LogP contribution is -1.97. The molecule has 1 aliphatic rings. The number of aromatic nitrogens is 1. The molecule has 1 atom stereocenters. The Morgan fingerprint density at radius 2 is 2.60 bits per heavy atom. The molecule has 10 heavy (non-hydrogen) atoms. The van der Waals surface area contributed by atoms with Gasteiger partial charge < -0.3 is 4.52 Å². The van der Waals surface area contributed by atoms with E-state index in [2.05, 4.69) is 24.2 Å². The highest BCUT2D eigenvalue weighted by Gasteiger charge is 2.15. The standard InChI is InChI=1S/C8H9NO/c1-6-3-2-4-7-5-10-9-8(6)7/h2,4-6H,3H2,1H3. The molecule has 0 fully saturated rings. The quantitative estimate of drug-likeness (QED) is 0.545. The van der Waals surface area contributed by atoms with Gasteiger partial charge in [-0.2, -0.15) is 0 Å². The lowest BCUT2D eigenvalue weighted by molar-refractivity contribution is 0.407. The molecule has 2 nitrogen and oxygen atoms in total. The summed E-state index contributed by atoms with van der Waals surface area (Å²) in [5.74, 6) is 0.527. The van der Waals surface area contributed by atoms with E-state index in [-0.39, 0.29) is 0 Å². The minimum atomic E-state index is 0.527. The normalized spacial score (nSPS) is 22.7. The van der Waals surface area contributed by atoms with Crippen LogP contribution in [-0.2, 0) is 0 Å². The highest BCUT2D eigenvalue weighted by Crippen LogP contribution is 2.27. The van der Waals surface area contributed by atoms with Gasteiger partial charge in [-0.15, -0.1) is 0 Å². The summed E-state index contributed by atoms with van der Waals surface area (Å²) in [5, 5.41) is 3.91. The van der Waals surface area contributed by atoms with Crippen LogP contribution >= 0.6 is 0 Å². The number of hydrogen-bond acceptors (Lipinski definition) is 2. The van der Waals surface area contributed by atoms with Crippen LogP contribution in [0.3, 0.4) is 0 Å². The first-order chi connectivity index (χ1) is 4.88. The zero-order valence-electron chi connectivity index (χ0n) is 5.87. The molecule has 1 aliphatic carbocycles. The molecule has 0 saturated carbocycles. The van der Waals surface area contributed by atoms with Gasteiger partial charge >= 0.3 is 0 Å². The van der Waals surface area contributed by atoms with Gasteiger partial charge in [0.05, 0.1) is 5.69 Å². The Balaban J connectivity index is 2.52. The van der Waals surface area contributed by atoms with Crippen LogP contribution in [0.4, 0.5) is 0 Å². The van der Waals surface area contributed by atoms with Gasteiger partial charge in [0.15, 0.2) is 0 Å². The molecule has 2 heteroatoms. The Labute approximate surface area is 59.5 Å². The van der Waals surface area contributed by atoms with E-state index in [0.29, 0.717) is 5.92 Å². The Hall–Kier alpha value is -1.05. The zero-order chi connectivity index (χ0) is 6.97. The van der Waals surface area contributed by atoms with E-state index in [9.17, 15) is 0 Å². The SMILES string of the molecule is CC1CC=Cc2conc21. The minimum absolute atomic E-state index is 0.527. The first-order valence-electron chi connectivity index (χ1n) is 3.49. The maximum absolute atomic E-state index is 4.84. The van der Waals surface area contributed by atoms with Crippen molar-refractivity contribution in [2.24, 2.45) is 0 Å². The predicted octanol–water partition coefficient (Wildman–Crippen LogP) is 2.20. The second kappa shape index (κ2) is 1.97. The van der Waals surface area contributed by atoms with Crippen molar-refractivity contribution in [3.8, 4) is 0 Å². The molecule has 52 valence electrons. The maximum atomic E-state index is 4.84. The van der Waals surface area contributed by atoms with Crippen molar-refractivity contribution >= 4 is 6.08 Å². The van der Waals surface area contributed by atoms with Crippen LogP contribution in [0, 0.1) is 0 Å². The lowest BCUT2D eigenvalue weighted by Gasteiger charge is -2.08. The number of fused-ring (bicyclic) bond motifs is 1. The van der Waals surface area contributed by atoms with Crippen molar-refractivity contribution in [2.45, 2.75) is 19.3 Å². The number of hydrogen-bond donors (Lipinski definition) is 0. The monoisotopic (exact) mass is 135 g/mol. The van der Waals surface area contributed by atoms with Gasteiger partial charge in [-0.05, 0) is 6.42 Å². The average Bonchev–Trinajstić information content (AvgIpc) is 2.36. The number of allylic oxidation sites excluding steroid dienone is 1. The van der Waals surface area contributed by atoms with E-state index >= 15 is 0 Å². The van der Waals surface area contributed by atoms with Crippen molar-refractivity contribution in [1.29, 1.82) is 0 Å². The van der Waals surface area contributed by atoms with Crippen LogP contribution in [0.25, 0.3) is 6.08 Å². The van der Waals surface area contributed by atoms with E-state index in [1.807, 2.05) is 0 Å². The van der Waals surface area contributed by atoms with E-state index in [1.54, 1.807) is 6.26 Å². The van der Waals surface area contributed by atoms with E-state index in [0.717, 1.165) is 17.7 Å². The van der Waals surface area contributed by atoms with Crippen molar-refractivity contribution in [3.63, 3.8) is 0 Å². The first-order valence-corrected chi connectivity index (χ1v) is 3.49. The number of nitrogens with zero attached hydrogens (tertiary/aromatic N) is 1. The Kier molecular flexibility index (Phi) is 1.13. The van der Waals surface area contributed by atoms with Crippen LogP contribution in [0.5, 0.6) is 0 Å². The van der Waals surface area contributed by atoms with E-state index in [4.69, 9.17) is 4.52 Å². The summed E-state index contributed by atoms with van der Waals surface area (Å²) in [4.78, 5) is 0. The molecule has 0 radical (unpaired) electrons. The molecular weight excluding hydrogens is 126 g/mol. The number of rotatable bonds is 0. The van der Waals surface area contributed by atoms with Gasteiger partial charge in [-0.25, -0.2) is 0 Å². The highest BCUT2D eigenvalue weighted by atomic mass is 16.5. The van der Waals surface area contributed by atoms with Gasteiger partial charge in [0.2, 0.25) is 0 Å². The molecule has 0 bridgehead atoms. The Morgan fingerprint density at radius 1 is 1.70 bits per heavy atom. The van der Waals surface area contributed by atoms with Gasteiger partial charge in [-0.1, -0.05) is 24.2 Å². The summed E-state index contributed by atoms with van der Waals surface area (Å²) in [6, 6.07) is 0. The zero-order valence-corrected chi connectivity index (χ0v) is 5.87. The predicted molar refractivity (Wildman–Crippen MR) is 38.6 cm³/mol. The van der Waals surface area contributed by atoms with Crippen LogP contribution in [-0.4, -0.2) is 5.16 Å². The van der Waals surface area contributed by atoms with Crippen LogP contribution in [0.2, 0.25) is 0 Å². The maximum Gasteiger partial charge on any atom is 0.131 e. The molecule has 1 aromatic rings. The molecule has 1 unspecified atom stereocenters. The van der Waals surface area contributed by atoms with E-state index in [1.165, 1.54) is 0 Å². The molecule has 0 amide bonds. The smallest absolute Gasteiger partial charge is 0.131 e. The molecule has 0 spiro atoms. The van der Waals surface area contributed by atoms with Gasteiger partial charge in [0, 0.05) is 11.5 Å². The summed E-state index contributed by atoms with van der Waals surface area (Å²) in [5.41, 5.74) is 2.24. The minimum Gasteiger partial charge on any atom is -0.364 e. The molecule has 0 aliphatic heterocycles. The molecular formula is C8H9NO. The first kappa shape index (κ1) is 5.71. The molecule has 1 aromatic heterocycles. The van der Waals surface area contributed by atoms with Gasteiger partial charge in [-0.3, -0.25) is 0 Å².